The Labute approximate surface area is 142 Å². The van der Waals surface area contributed by atoms with E-state index in [0.29, 0.717) is 12.0 Å². The monoisotopic (exact) mass is 327 g/mol. The van der Waals surface area contributed by atoms with Gasteiger partial charge in [0.1, 0.15) is 11.9 Å². The second-order valence-electron chi connectivity index (χ2n) is 8.44. The third-order valence-corrected chi connectivity index (χ3v) is 7.50. The largest absolute Gasteiger partial charge is 0.872 e. The smallest absolute Gasteiger partial charge is 0.135 e. The quantitative estimate of drug-likeness (QED) is 0.661. The Morgan fingerprint density at radius 1 is 1.46 bits per heavy atom. The van der Waals surface area contributed by atoms with E-state index in [-0.39, 0.29) is 17.3 Å². The molecule has 0 radical (unpaired) electrons. The van der Waals surface area contributed by atoms with E-state index < -0.39 is 6.10 Å². The highest BCUT2D eigenvalue weighted by molar-refractivity contribution is 5.58. The summed E-state index contributed by atoms with van der Waals surface area (Å²) < 4.78 is 7.22. The van der Waals surface area contributed by atoms with Gasteiger partial charge in [-0.1, -0.05) is 12.6 Å². The van der Waals surface area contributed by atoms with Gasteiger partial charge in [-0.3, -0.25) is 0 Å². The highest BCUT2D eigenvalue weighted by Gasteiger charge is 2.68. The molecule has 4 heteroatoms. The van der Waals surface area contributed by atoms with Crippen LogP contribution in [0.15, 0.2) is 24.8 Å². The molecule has 2 bridgehead atoms. The van der Waals surface area contributed by atoms with Crippen LogP contribution in [-0.4, -0.2) is 48.0 Å². The number of benzene rings is 1. The Bertz CT molecular complexity index is 732. The number of aliphatic hydroxyl groups excluding tert-OH is 1. The summed E-state index contributed by atoms with van der Waals surface area (Å²) in [6, 6.07) is 3.91. The van der Waals surface area contributed by atoms with Gasteiger partial charge in [0.05, 0.1) is 37.7 Å². The van der Waals surface area contributed by atoms with E-state index in [0.717, 1.165) is 60.1 Å². The van der Waals surface area contributed by atoms with Crippen LogP contribution in [0.2, 0.25) is 0 Å². The lowest BCUT2D eigenvalue weighted by atomic mass is 9.51. The minimum Gasteiger partial charge on any atom is -0.872 e. The molecule has 2 fully saturated rings. The highest BCUT2D eigenvalue weighted by Crippen LogP contribution is 2.63. The molecule has 1 aromatic rings. The Balaban J connectivity index is 1.76. The van der Waals surface area contributed by atoms with Gasteiger partial charge in [-0.25, -0.2) is 0 Å². The van der Waals surface area contributed by atoms with Crippen molar-refractivity contribution in [3.8, 4) is 11.5 Å². The zero-order valence-electron chi connectivity index (χ0n) is 14.2. The minimum atomic E-state index is -0.424. The number of likely N-dealkylation sites (tertiary alicyclic amines) is 1. The van der Waals surface area contributed by atoms with E-state index in [1.807, 2.05) is 12.1 Å². The van der Waals surface area contributed by atoms with E-state index in [1.165, 1.54) is 0 Å². The van der Waals surface area contributed by atoms with Crippen molar-refractivity contribution < 1.29 is 19.4 Å². The number of piperidine rings is 1. The standard InChI is InChI=1S/C20H25NO3/c1-3-9-21(2)10-8-20-13-4-5-16(23)19(20)24-17-7-6-15(22)12(18(17)20)11-14(13)21/h3,6-7,13-14,16,19,23H,1,4-5,8-11H2,2H3/t13-,14-,16-,19?,20+,21-/m0/s1. The number of nitrogens with zero attached hydrogens (tertiary/aromatic N) is 1. The van der Waals surface area contributed by atoms with Gasteiger partial charge in [-0.05, 0) is 30.5 Å². The fourth-order valence-corrected chi connectivity index (χ4v) is 6.50. The molecule has 1 aromatic carbocycles. The molecule has 24 heavy (non-hydrogen) atoms. The van der Waals surface area contributed by atoms with Crippen LogP contribution >= 0.6 is 0 Å². The Morgan fingerprint density at radius 2 is 2.29 bits per heavy atom. The van der Waals surface area contributed by atoms with Crippen LogP contribution in [0.25, 0.3) is 0 Å². The Hall–Kier alpha value is -1.52. The van der Waals surface area contributed by atoms with Gasteiger partial charge < -0.3 is 19.4 Å². The van der Waals surface area contributed by atoms with E-state index in [9.17, 15) is 10.2 Å². The molecule has 1 unspecified atom stereocenters. The van der Waals surface area contributed by atoms with Gasteiger partial charge in [-0.2, -0.15) is 0 Å². The molecule has 6 atom stereocenters. The molecule has 0 aromatic heterocycles. The molecule has 0 amide bonds. The number of aliphatic hydroxyl groups is 1. The van der Waals surface area contributed by atoms with Crippen molar-refractivity contribution in [2.75, 3.05) is 20.1 Å². The second kappa shape index (κ2) is 4.55. The molecule has 2 aliphatic carbocycles. The molecule has 1 saturated carbocycles. The van der Waals surface area contributed by atoms with Gasteiger partial charge in [-0.15, -0.1) is 5.75 Å². The molecule has 2 aliphatic heterocycles. The summed E-state index contributed by atoms with van der Waals surface area (Å²) in [7, 11) is 2.31. The third-order valence-electron chi connectivity index (χ3n) is 7.50. The summed E-state index contributed by atoms with van der Waals surface area (Å²) in [6.45, 7) is 5.96. The van der Waals surface area contributed by atoms with Crippen LogP contribution < -0.4 is 9.84 Å². The van der Waals surface area contributed by atoms with Crippen molar-refractivity contribution in [1.29, 1.82) is 0 Å². The molecular weight excluding hydrogens is 302 g/mol. The van der Waals surface area contributed by atoms with Crippen LogP contribution in [0, 0.1) is 5.92 Å². The summed E-state index contributed by atoms with van der Waals surface area (Å²) in [5.74, 6) is 1.49. The molecule has 1 saturated heterocycles. The average Bonchev–Trinajstić information content (AvgIpc) is 2.90. The first-order valence-electron chi connectivity index (χ1n) is 9.14. The molecule has 4 aliphatic rings. The predicted octanol–water partition coefficient (Wildman–Crippen LogP) is 1.49. The fraction of sp³-hybridized carbons (Fsp3) is 0.600. The molecule has 2 heterocycles. The number of likely N-dealkylation sites (N-methyl/N-ethyl adjacent to an activating group) is 1. The van der Waals surface area contributed by atoms with Gasteiger partial charge in [0.15, 0.2) is 0 Å². The Kier molecular flexibility index (Phi) is 2.81. The van der Waals surface area contributed by atoms with Crippen molar-refractivity contribution in [2.45, 2.75) is 49.3 Å². The van der Waals surface area contributed by atoms with Crippen LogP contribution in [0.4, 0.5) is 0 Å². The van der Waals surface area contributed by atoms with Crippen LogP contribution in [-0.2, 0) is 11.8 Å². The Morgan fingerprint density at radius 3 is 3.08 bits per heavy atom. The van der Waals surface area contributed by atoms with Crippen LogP contribution in [0.3, 0.4) is 0 Å². The number of hydrogen-bond donors (Lipinski definition) is 1. The van der Waals surface area contributed by atoms with Gasteiger partial charge in [0.25, 0.3) is 0 Å². The lowest BCUT2D eigenvalue weighted by Crippen LogP contribution is -2.72. The molecule has 4 nitrogen and oxygen atoms in total. The molecule has 1 N–H and O–H groups in total. The summed E-state index contributed by atoms with van der Waals surface area (Å²) in [5, 5.41) is 23.3. The number of hydrogen-bond acceptors (Lipinski definition) is 3. The van der Waals surface area contributed by atoms with Crippen molar-refractivity contribution in [1.82, 2.24) is 0 Å². The van der Waals surface area contributed by atoms with Gasteiger partial charge in [0.2, 0.25) is 0 Å². The van der Waals surface area contributed by atoms with Crippen molar-refractivity contribution >= 4 is 0 Å². The lowest BCUT2D eigenvalue weighted by Gasteiger charge is -2.61. The van der Waals surface area contributed by atoms with Gasteiger partial charge in [0, 0.05) is 24.3 Å². The summed E-state index contributed by atoms with van der Waals surface area (Å²) in [6.07, 6.45) is 5.07. The first kappa shape index (κ1) is 14.8. The van der Waals surface area contributed by atoms with Crippen LogP contribution in [0.5, 0.6) is 11.5 Å². The topological polar surface area (TPSA) is 52.5 Å². The van der Waals surface area contributed by atoms with E-state index in [4.69, 9.17) is 4.74 Å². The van der Waals surface area contributed by atoms with Crippen molar-refractivity contribution in [3.63, 3.8) is 0 Å². The van der Waals surface area contributed by atoms with E-state index in [2.05, 4.69) is 13.6 Å². The maximum atomic E-state index is 12.6. The second-order valence-corrected chi connectivity index (χ2v) is 8.44. The number of rotatable bonds is 2. The van der Waals surface area contributed by atoms with E-state index in [1.54, 1.807) is 6.07 Å². The zero-order valence-corrected chi connectivity index (χ0v) is 14.2. The van der Waals surface area contributed by atoms with Crippen LogP contribution in [0.1, 0.15) is 30.4 Å². The zero-order chi connectivity index (χ0) is 16.7. The molecule has 5 rings (SSSR count). The SMILES string of the molecule is C=CC[N@@+]1(C)CC[C@]23c4c5ccc([O-])c4C[C@H]1[C@@H]2CC[C@H](O)C3O5. The first-order chi connectivity index (χ1) is 11.5. The molecular formula is C20H25NO3. The van der Waals surface area contributed by atoms with Gasteiger partial charge >= 0.3 is 0 Å². The first-order valence-corrected chi connectivity index (χ1v) is 9.14. The third kappa shape index (κ3) is 1.52. The summed E-state index contributed by atoms with van der Waals surface area (Å²) >= 11 is 0. The highest BCUT2D eigenvalue weighted by atomic mass is 16.5. The molecule has 1 spiro atoms. The number of quaternary nitrogens is 1. The van der Waals surface area contributed by atoms with E-state index >= 15 is 0 Å². The average molecular weight is 327 g/mol. The maximum absolute atomic E-state index is 12.6. The molecule has 128 valence electrons. The minimum absolute atomic E-state index is 0.146. The van der Waals surface area contributed by atoms with Crippen molar-refractivity contribution in [2.24, 2.45) is 5.92 Å². The predicted molar refractivity (Wildman–Crippen MR) is 88.9 cm³/mol. The maximum Gasteiger partial charge on any atom is 0.135 e. The summed E-state index contributed by atoms with van der Waals surface area (Å²) in [4.78, 5) is 0. The summed E-state index contributed by atoms with van der Waals surface area (Å²) in [5.41, 5.74) is 1.97. The number of ether oxygens (including phenoxy) is 1. The lowest BCUT2D eigenvalue weighted by molar-refractivity contribution is -0.940. The van der Waals surface area contributed by atoms with Crippen molar-refractivity contribution in [3.05, 3.63) is 35.9 Å². The fourth-order valence-electron chi connectivity index (χ4n) is 6.50. The normalized spacial score (nSPS) is 44.6.